The van der Waals surface area contributed by atoms with Crippen LogP contribution in [0.3, 0.4) is 0 Å². The standard InChI is InChI=1S/C14H21BrN2O/c1-16-9-14(6-7-14)10-17(2)11-4-5-13(18-3)12(15)8-11/h4-5,8,16H,6-7,9-10H2,1-3H3. The topological polar surface area (TPSA) is 24.5 Å². The fraction of sp³-hybridized carbons (Fsp3) is 0.571. The highest BCUT2D eigenvalue weighted by atomic mass is 79.9. The number of rotatable bonds is 6. The maximum Gasteiger partial charge on any atom is 0.133 e. The fourth-order valence-electron chi connectivity index (χ4n) is 2.43. The summed E-state index contributed by atoms with van der Waals surface area (Å²) in [4.78, 5) is 2.33. The zero-order chi connectivity index (χ0) is 13.2. The zero-order valence-electron chi connectivity index (χ0n) is 11.3. The summed E-state index contributed by atoms with van der Waals surface area (Å²) in [6.07, 6.45) is 2.66. The van der Waals surface area contributed by atoms with Crippen LogP contribution in [0.4, 0.5) is 5.69 Å². The SMILES string of the molecule is CNCC1(CN(C)c2ccc(OC)c(Br)c2)CC1. The van der Waals surface area contributed by atoms with Crippen molar-refractivity contribution in [2.24, 2.45) is 5.41 Å². The summed E-state index contributed by atoms with van der Waals surface area (Å²) in [6, 6.07) is 6.24. The number of hydrogen-bond donors (Lipinski definition) is 1. The Morgan fingerprint density at radius 3 is 2.67 bits per heavy atom. The van der Waals surface area contributed by atoms with E-state index >= 15 is 0 Å². The van der Waals surface area contributed by atoms with E-state index in [1.807, 2.05) is 13.1 Å². The molecule has 0 amide bonds. The molecule has 4 heteroatoms. The quantitative estimate of drug-likeness (QED) is 0.874. The van der Waals surface area contributed by atoms with E-state index in [1.54, 1.807) is 7.11 Å². The van der Waals surface area contributed by atoms with Crippen molar-refractivity contribution >= 4 is 21.6 Å². The largest absolute Gasteiger partial charge is 0.496 e. The van der Waals surface area contributed by atoms with Gasteiger partial charge in [0.15, 0.2) is 0 Å². The van der Waals surface area contributed by atoms with Crippen LogP contribution in [0.1, 0.15) is 12.8 Å². The van der Waals surface area contributed by atoms with Crippen molar-refractivity contribution in [3.05, 3.63) is 22.7 Å². The van der Waals surface area contributed by atoms with Crippen LogP contribution >= 0.6 is 15.9 Å². The van der Waals surface area contributed by atoms with Gasteiger partial charge in [-0.25, -0.2) is 0 Å². The minimum Gasteiger partial charge on any atom is -0.496 e. The maximum absolute atomic E-state index is 5.26. The summed E-state index contributed by atoms with van der Waals surface area (Å²) < 4.78 is 6.26. The first-order valence-corrected chi connectivity index (χ1v) is 7.09. The van der Waals surface area contributed by atoms with Crippen LogP contribution < -0.4 is 15.0 Å². The number of anilines is 1. The molecule has 1 N–H and O–H groups in total. The van der Waals surface area contributed by atoms with E-state index in [0.29, 0.717) is 5.41 Å². The highest BCUT2D eigenvalue weighted by molar-refractivity contribution is 9.10. The molecule has 0 saturated heterocycles. The second kappa shape index (κ2) is 5.49. The van der Waals surface area contributed by atoms with Crippen LogP contribution in [-0.2, 0) is 0 Å². The third-order valence-corrected chi connectivity index (χ3v) is 4.28. The molecule has 0 unspecified atom stereocenters. The van der Waals surface area contributed by atoms with Gasteiger partial charge in [-0.3, -0.25) is 0 Å². The third kappa shape index (κ3) is 2.98. The first kappa shape index (κ1) is 13.7. The molecule has 3 nitrogen and oxygen atoms in total. The average molecular weight is 313 g/mol. The van der Waals surface area contributed by atoms with Gasteiger partial charge in [-0.1, -0.05) is 0 Å². The molecule has 18 heavy (non-hydrogen) atoms. The van der Waals surface area contributed by atoms with Gasteiger partial charge in [0, 0.05) is 31.2 Å². The number of nitrogens with zero attached hydrogens (tertiary/aromatic N) is 1. The molecular formula is C14H21BrN2O. The van der Waals surface area contributed by atoms with Crippen LogP contribution in [-0.4, -0.2) is 34.3 Å². The summed E-state index contributed by atoms with van der Waals surface area (Å²) in [6.45, 7) is 2.21. The van der Waals surface area contributed by atoms with Crippen molar-refractivity contribution in [2.45, 2.75) is 12.8 Å². The van der Waals surface area contributed by atoms with Crippen LogP contribution in [0.2, 0.25) is 0 Å². The molecule has 1 aromatic carbocycles. The Kier molecular flexibility index (Phi) is 4.17. The number of halogens is 1. The molecule has 100 valence electrons. The van der Waals surface area contributed by atoms with E-state index in [1.165, 1.54) is 18.5 Å². The number of ether oxygens (including phenoxy) is 1. The van der Waals surface area contributed by atoms with Crippen molar-refractivity contribution in [1.29, 1.82) is 0 Å². The second-order valence-corrected chi connectivity index (χ2v) is 6.06. The average Bonchev–Trinajstić information content (AvgIpc) is 3.09. The van der Waals surface area contributed by atoms with Gasteiger partial charge in [0.05, 0.1) is 11.6 Å². The number of methoxy groups -OCH3 is 1. The molecule has 0 heterocycles. The summed E-state index contributed by atoms with van der Waals surface area (Å²) in [5, 5.41) is 3.30. The Balaban J connectivity index is 2.05. The molecule has 0 spiro atoms. The highest BCUT2D eigenvalue weighted by Crippen LogP contribution is 2.46. The van der Waals surface area contributed by atoms with Gasteiger partial charge >= 0.3 is 0 Å². The lowest BCUT2D eigenvalue weighted by molar-refractivity contribution is 0.412. The lowest BCUT2D eigenvalue weighted by Gasteiger charge is -2.26. The van der Waals surface area contributed by atoms with Crippen LogP contribution in [0.15, 0.2) is 22.7 Å². The van der Waals surface area contributed by atoms with Crippen molar-refractivity contribution < 1.29 is 4.74 Å². The highest BCUT2D eigenvalue weighted by Gasteiger charge is 2.42. The lowest BCUT2D eigenvalue weighted by Crippen LogP contribution is -2.32. The molecule has 0 radical (unpaired) electrons. The van der Waals surface area contributed by atoms with E-state index in [9.17, 15) is 0 Å². The normalized spacial score (nSPS) is 16.4. The first-order valence-electron chi connectivity index (χ1n) is 6.29. The Bertz CT molecular complexity index is 418. The van der Waals surface area contributed by atoms with E-state index in [0.717, 1.165) is 23.3 Å². The van der Waals surface area contributed by atoms with E-state index in [-0.39, 0.29) is 0 Å². The van der Waals surface area contributed by atoms with Gasteiger partial charge in [-0.15, -0.1) is 0 Å². The van der Waals surface area contributed by atoms with E-state index < -0.39 is 0 Å². The fourth-order valence-corrected chi connectivity index (χ4v) is 2.96. The first-order chi connectivity index (χ1) is 8.60. The Morgan fingerprint density at radius 2 is 2.17 bits per heavy atom. The van der Waals surface area contributed by atoms with Crippen molar-refractivity contribution in [2.75, 3.05) is 39.2 Å². The predicted molar refractivity (Wildman–Crippen MR) is 79.6 cm³/mol. The third-order valence-electron chi connectivity index (χ3n) is 3.66. The van der Waals surface area contributed by atoms with Crippen molar-refractivity contribution in [3.8, 4) is 5.75 Å². The van der Waals surface area contributed by atoms with E-state index in [2.05, 4.69) is 45.3 Å². The number of nitrogens with one attached hydrogen (secondary N) is 1. The van der Waals surface area contributed by atoms with Crippen LogP contribution in [0.5, 0.6) is 5.75 Å². The minimum atomic E-state index is 0.482. The Hall–Kier alpha value is -0.740. The Labute approximate surface area is 118 Å². The van der Waals surface area contributed by atoms with Gasteiger partial charge in [-0.05, 0) is 54.0 Å². The summed E-state index contributed by atoms with van der Waals surface area (Å²) in [5.41, 5.74) is 1.71. The molecule has 2 rings (SSSR count). The lowest BCUT2D eigenvalue weighted by atomic mass is 10.1. The molecule has 1 aliphatic rings. The van der Waals surface area contributed by atoms with Gasteiger partial charge < -0.3 is 15.0 Å². The molecule has 0 aromatic heterocycles. The molecule has 1 aliphatic carbocycles. The summed E-state index contributed by atoms with van der Waals surface area (Å²) in [5.74, 6) is 0.878. The number of benzene rings is 1. The maximum atomic E-state index is 5.26. The van der Waals surface area contributed by atoms with Crippen molar-refractivity contribution in [1.82, 2.24) is 5.32 Å². The second-order valence-electron chi connectivity index (χ2n) is 5.21. The summed E-state index contributed by atoms with van der Waals surface area (Å²) >= 11 is 3.54. The van der Waals surface area contributed by atoms with Gasteiger partial charge in [0.2, 0.25) is 0 Å². The molecule has 1 fully saturated rings. The Morgan fingerprint density at radius 1 is 1.44 bits per heavy atom. The minimum absolute atomic E-state index is 0.482. The molecule has 1 saturated carbocycles. The molecule has 0 atom stereocenters. The van der Waals surface area contributed by atoms with Crippen molar-refractivity contribution in [3.63, 3.8) is 0 Å². The molecule has 1 aromatic rings. The van der Waals surface area contributed by atoms with Crippen LogP contribution in [0.25, 0.3) is 0 Å². The van der Waals surface area contributed by atoms with Gasteiger partial charge in [0.1, 0.15) is 5.75 Å². The number of hydrogen-bond acceptors (Lipinski definition) is 3. The smallest absolute Gasteiger partial charge is 0.133 e. The molecule has 0 aliphatic heterocycles. The molecule has 0 bridgehead atoms. The van der Waals surface area contributed by atoms with Gasteiger partial charge in [0.25, 0.3) is 0 Å². The van der Waals surface area contributed by atoms with Crippen LogP contribution in [0, 0.1) is 5.41 Å². The predicted octanol–water partition coefficient (Wildman–Crippen LogP) is 2.89. The summed E-state index contributed by atoms with van der Waals surface area (Å²) in [7, 11) is 5.88. The van der Waals surface area contributed by atoms with E-state index in [4.69, 9.17) is 4.74 Å². The zero-order valence-corrected chi connectivity index (χ0v) is 12.9. The molecular weight excluding hydrogens is 292 g/mol. The van der Waals surface area contributed by atoms with Gasteiger partial charge in [-0.2, -0.15) is 0 Å². The monoisotopic (exact) mass is 312 g/mol.